The zero-order valence-corrected chi connectivity index (χ0v) is 13.8. The summed E-state index contributed by atoms with van der Waals surface area (Å²) in [6, 6.07) is 4.93. The van der Waals surface area contributed by atoms with E-state index in [0.717, 1.165) is 21.3 Å². The van der Waals surface area contributed by atoms with Gasteiger partial charge in [-0.1, -0.05) is 18.2 Å². The van der Waals surface area contributed by atoms with Crippen molar-refractivity contribution in [3.05, 3.63) is 51.4 Å². The minimum Gasteiger partial charge on any atom is -0.548 e. The highest BCUT2D eigenvalue weighted by molar-refractivity contribution is 7.17. The molecule has 6 heteroatoms. The third-order valence-electron chi connectivity index (χ3n) is 4.10. The van der Waals surface area contributed by atoms with Crippen molar-refractivity contribution in [3.63, 3.8) is 0 Å². The highest BCUT2D eigenvalue weighted by Crippen LogP contribution is 2.31. The van der Waals surface area contributed by atoms with E-state index in [9.17, 15) is 14.7 Å². The van der Waals surface area contributed by atoms with E-state index in [4.69, 9.17) is 0 Å². The van der Waals surface area contributed by atoms with E-state index in [-0.39, 0.29) is 5.56 Å². The monoisotopic (exact) mass is 327 g/mol. The minimum absolute atomic E-state index is 0.360. The maximum atomic E-state index is 12.7. The second-order valence-electron chi connectivity index (χ2n) is 5.58. The molecule has 0 aliphatic heterocycles. The maximum absolute atomic E-state index is 12.7. The third-order valence-corrected chi connectivity index (χ3v) is 4.98. The summed E-state index contributed by atoms with van der Waals surface area (Å²) in [4.78, 5) is 28.6. The molecule has 2 heterocycles. The first kappa shape index (κ1) is 15.4. The van der Waals surface area contributed by atoms with Crippen molar-refractivity contribution in [2.24, 2.45) is 0 Å². The highest BCUT2D eigenvalue weighted by Gasteiger charge is 2.16. The second-order valence-corrected chi connectivity index (χ2v) is 6.44. The van der Waals surface area contributed by atoms with Crippen LogP contribution in [0.4, 0.5) is 0 Å². The third kappa shape index (κ3) is 2.55. The smallest absolute Gasteiger partial charge is 0.263 e. The molecule has 0 unspecified atom stereocenters. The first-order chi connectivity index (χ1) is 10.9. The van der Waals surface area contributed by atoms with Crippen LogP contribution in [0.25, 0.3) is 21.3 Å². The topological polar surface area (TPSA) is 75.0 Å². The normalized spacial score (nSPS) is 12.5. The summed E-state index contributed by atoms with van der Waals surface area (Å²) < 4.78 is 1.11. The Morgan fingerprint density at radius 2 is 2.04 bits per heavy atom. The average molecular weight is 327 g/mol. The lowest BCUT2D eigenvalue weighted by Gasteiger charge is -2.15. The standard InChI is InChI=1S/C17H16N2O3S/c1-9-4-5-12(6-10(9)2)13-7-23-15-14(13)16(20)19(8-18-15)11(3)17(21)22/h4-8,11H,1-3H3,(H,21,22)/p-1/t11-/m0/s1. The Morgan fingerprint density at radius 1 is 1.30 bits per heavy atom. The summed E-state index contributed by atoms with van der Waals surface area (Å²) >= 11 is 1.37. The molecule has 0 aliphatic rings. The van der Waals surface area contributed by atoms with Gasteiger partial charge in [0.1, 0.15) is 4.83 Å². The predicted octanol–water partition coefficient (Wildman–Crippen LogP) is 2.05. The van der Waals surface area contributed by atoms with Crippen LogP contribution in [0.1, 0.15) is 24.1 Å². The van der Waals surface area contributed by atoms with Gasteiger partial charge in [-0.05, 0) is 37.5 Å². The number of hydrogen-bond donors (Lipinski definition) is 0. The van der Waals surface area contributed by atoms with Crippen molar-refractivity contribution in [3.8, 4) is 11.1 Å². The zero-order valence-electron chi connectivity index (χ0n) is 13.0. The summed E-state index contributed by atoms with van der Waals surface area (Å²) in [5, 5.41) is 13.4. The molecule has 0 amide bonds. The van der Waals surface area contributed by atoms with Gasteiger partial charge in [-0.2, -0.15) is 0 Å². The number of rotatable bonds is 3. The summed E-state index contributed by atoms with van der Waals surface area (Å²) in [5.74, 6) is -1.31. The fourth-order valence-electron chi connectivity index (χ4n) is 2.46. The Hall–Kier alpha value is -2.47. The molecule has 2 aromatic heterocycles. The van der Waals surface area contributed by atoms with Crippen LogP contribution in [0.5, 0.6) is 0 Å². The predicted molar refractivity (Wildman–Crippen MR) is 88.5 cm³/mol. The Balaban J connectivity index is 2.27. The van der Waals surface area contributed by atoms with Gasteiger partial charge >= 0.3 is 0 Å². The van der Waals surface area contributed by atoms with Crippen molar-refractivity contribution in [1.29, 1.82) is 0 Å². The van der Waals surface area contributed by atoms with Crippen molar-refractivity contribution < 1.29 is 9.90 Å². The van der Waals surface area contributed by atoms with E-state index in [1.54, 1.807) is 0 Å². The number of carbonyl (C=O) groups excluding carboxylic acids is 1. The van der Waals surface area contributed by atoms with E-state index in [1.165, 1.54) is 30.2 Å². The molecule has 0 bridgehead atoms. The number of thiophene rings is 1. The zero-order chi connectivity index (χ0) is 16.7. The van der Waals surface area contributed by atoms with E-state index >= 15 is 0 Å². The molecule has 1 aromatic carbocycles. The van der Waals surface area contributed by atoms with Crippen molar-refractivity contribution in [2.75, 3.05) is 0 Å². The molecule has 0 saturated carbocycles. The van der Waals surface area contributed by atoms with Crippen LogP contribution in [0.15, 0.2) is 34.7 Å². The van der Waals surface area contributed by atoms with Crippen LogP contribution < -0.4 is 10.7 Å². The lowest BCUT2D eigenvalue weighted by atomic mass is 10.0. The molecular formula is C17H15N2O3S-. The molecule has 23 heavy (non-hydrogen) atoms. The van der Waals surface area contributed by atoms with Gasteiger partial charge in [0, 0.05) is 10.9 Å². The van der Waals surface area contributed by atoms with Gasteiger partial charge in [0.05, 0.1) is 23.7 Å². The van der Waals surface area contributed by atoms with Gasteiger partial charge in [0.25, 0.3) is 5.56 Å². The molecule has 0 aliphatic carbocycles. The van der Waals surface area contributed by atoms with Crippen LogP contribution in [0, 0.1) is 13.8 Å². The average Bonchev–Trinajstić information content (AvgIpc) is 2.94. The summed E-state index contributed by atoms with van der Waals surface area (Å²) in [7, 11) is 0. The molecule has 5 nitrogen and oxygen atoms in total. The van der Waals surface area contributed by atoms with Gasteiger partial charge < -0.3 is 9.90 Å². The quantitative estimate of drug-likeness (QED) is 0.738. The first-order valence-corrected chi connectivity index (χ1v) is 8.05. The van der Waals surface area contributed by atoms with Crippen molar-refractivity contribution in [1.82, 2.24) is 9.55 Å². The van der Waals surface area contributed by atoms with Crippen LogP contribution in [-0.4, -0.2) is 15.5 Å². The Labute approximate surface area is 136 Å². The molecule has 0 radical (unpaired) electrons. The number of fused-ring (bicyclic) bond motifs is 1. The van der Waals surface area contributed by atoms with Gasteiger partial charge in [-0.3, -0.25) is 9.36 Å². The van der Waals surface area contributed by atoms with Gasteiger partial charge in [0.2, 0.25) is 0 Å². The second kappa shape index (κ2) is 5.62. The Bertz CT molecular complexity index is 972. The fourth-order valence-corrected chi connectivity index (χ4v) is 3.36. The van der Waals surface area contributed by atoms with Crippen molar-refractivity contribution >= 4 is 27.5 Å². The molecule has 0 N–H and O–H groups in total. The van der Waals surface area contributed by atoms with Crippen molar-refractivity contribution in [2.45, 2.75) is 26.8 Å². The molecular weight excluding hydrogens is 312 g/mol. The van der Waals surface area contributed by atoms with E-state index < -0.39 is 12.0 Å². The number of hydrogen-bond acceptors (Lipinski definition) is 5. The fraction of sp³-hybridized carbons (Fsp3) is 0.235. The highest BCUT2D eigenvalue weighted by atomic mass is 32.1. The van der Waals surface area contributed by atoms with Crippen LogP contribution >= 0.6 is 11.3 Å². The molecule has 0 spiro atoms. The van der Waals surface area contributed by atoms with Gasteiger partial charge in [0.15, 0.2) is 0 Å². The lowest BCUT2D eigenvalue weighted by molar-refractivity contribution is -0.309. The Kier molecular flexibility index (Phi) is 3.77. The first-order valence-electron chi connectivity index (χ1n) is 7.17. The number of nitrogens with zero attached hydrogens (tertiary/aromatic N) is 2. The minimum atomic E-state index is -1.31. The van der Waals surface area contributed by atoms with E-state index in [2.05, 4.69) is 4.98 Å². The van der Waals surface area contributed by atoms with Crippen LogP contribution in [0.2, 0.25) is 0 Å². The SMILES string of the molecule is Cc1ccc(-c2csc3ncn([C@@H](C)C(=O)[O-])c(=O)c23)cc1C. The largest absolute Gasteiger partial charge is 0.548 e. The molecule has 0 saturated heterocycles. The number of carbonyl (C=O) groups is 1. The summed E-state index contributed by atoms with van der Waals surface area (Å²) in [5.41, 5.74) is 3.66. The van der Waals surface area contributed by atoms with Gasteiger partial charge in [-0.15, -0.1) is 11.3 Å². The van der Waals surface area contributed by atoms with Gasteiger partial charge in [-0.25, -0.2) is 4.98 Å². The van der Waals surface area contributed by atoms with Crippen LogP contribution in [-0.2, 0) is 4.79 Å². The molecule has 118 valence electrons. The molecule has 3 rings (SSSR count). The van der Waals surface area contributed by atoms with E-state index in [1.807, 2.05) is 37.4 Å². The Morgan fingerprint density at radius 3 is 2.70 bits per heavy atom. The van der Waals surface area contributed by atoms with E-state index in [0.29, 0.717) is 10.2 Å². The van der Waals surface area contributed by atoms with Crippen LogP contribution in [0.3, 0.4) is 0 Å². The number of aliphatic carboxylic acids is 1. The lowest BCUT2D eigenvalue weighted by Crippen LogP contribution is -2.36. The summed E-state index contributed by atoms with van der Waals surface area (Å²) in [6.07, 6.45) is 1.27. The molecule has 3 aromatic rings. The summed E-state index contributed by atoms with van der Waals surface area (Å²) in [6.45, 7) is 5.45. The molecule has 0 fully saturated rings. The molecule has 1 atom stereocenters. The maximum Gasteiger partial charge on any atom is 0.263 e. The number of carboxylic acid groups (broad SMARTS) is 1. The number of carboxylic acids is 1. The number of aryl methyl sites for hydroxylation is 2. The number of aromatic nitrogens is 2. The number of benzene rings is 1.